The maximum atomic E-state index is 10.2. The third-order valence-corrected chi connectivity index (χ3v) is 5.90. The second-order valence-corrected chi connectivity index (χ2v) is 7.32. The topological polar surface area (TPSA) is 41.8 Å². The van der Waals surface area contributed by atoms with Crippen LogP contribution in [0.4, 0.5) is 0 Å². The van der Waals surface area contributed by atoms with Gasteiger partial charge in [-0.05, 0) is 45.2 Å². The van der Waals surface area contributed by atoms with E-state index in [-0.39, 0.29) is 0 Å². The maximum absolute atomic E-state index is 10.2. The van der Waals surface area contributed by atoms with E-state index in [0.717, 1.165) is 28.8 Å². The highest BCUT2D eigenvalue weighted by Crippen LogP contribution is 2.55. The van der Waals surface area contributed by atoms with Gasteiger partial charge in [0.1, 0.15) is 12.4 Å². The van der Waals surface area contributed by atoms with Crippen molar-refractivity contribution in [2.75, 3.05) is 6.61 Å². The minimum Gasteiger partial charge on any atom is -0.507 e. The molecule has 1 aromatic carbocycles. The van der Waals surface area contributed by atoms with E-state index < -0.39 is 0 Å². The van der Waals surface area contributed by atoms with Gasteiger partial charge in [-0.3, -0.25) is 0 Å². The molecule has 0 unspecified atom stereocenters. The second-order valence-electron chi connectivity index (χ2n) is 5.81. The van der Waals surface area contributed by atoms with E-state index in [9.17, 15) is 5.11 Å². The first kappa shape index (κ1) is 13.8. The van der Waals surface area contributed by atoms with Gasteiger partial charge >= 0.3 is 0 Å². The highest BCUT2D eigenvalue weighted by atomic mass is 32.2. The Labute approximate surface area is 124 Å². The molecule has 0 aromatic heterocycles. The molecule has 1 aromatic rings. The normalized spacial score (nSPS) is 21.6. The number of phenols is 1. The molecule has 1 fully saturated rings. The lowest BCUT2D eigenvalue weighted by Gasteiger charge is -2.45. The fourth-order valence-corrected chi connectivity index (χ4v) is 4.89. The van der Waals surface area contributed by atoms with Crippen LogP contribution in [-0.2, 0) is 4.84 Å². The highest BCUT2D eigenvalue weighted by molar-refractivity contribution is 8.01. The van der Waals surface area contributed by atoms with Crippen LogP contribution in [0.2, 0.25) is 0 Å². The molecule has 0 bridgehead atoms. The number of hydrogen-bond acceptors (Lipinski definition) is 4. The molecule has 3 nitrogen and oxygen atoms in total. The lowest BCUT2D eigenvalue weighted by atomic mass is 9.78. The minimum absolute atomic E-state index is 0.318. The molecule has 0 amide bonds. The molecule has 1 aliphatic heterocycles. The quantitative estimate of drug-likeness (QED) is 0.832. The molecular formula is C16H21NO2S. The number of thioether (sulfide) groups is 1. The van der Waals surface area contributed by atoms with Crippen molar-refractivity contribution < 1.29 is 9.94 Å². The summed E-state index contributed by atoms with van der Waals surface area (Å²) in [5.41, 5.74) is 3.97. The van der Waals surface area contributed by atoms with E-state index in [4.69, 9.17) is 4.84 Å². The number of benzene rings is 1. The first-order valence-electron chi connectivity index (χ1n) is 7.28. The van der Waals surface area contributed by atoms with Gasteiger partial charge in [-0.1, -0.05) is 11.6 Å². The first-order chi connectivity index (χ1) is 9.56. The standard InChI is InChI=1S/C16H21NO2S/c1-4-19-17-12-9-16(6-5-7-16)20-13-8-10(2)15(18)11(3)14(12)13/h8,18H,4-7,9H2,1-3H3. The molecule has 1 N–H and O–H groups in total. The summed E-state index contributed by atoms with van der Waals surface area (Å²) in [5, 5.41) is 14.5. The summed E-state index contributed by atoms with van der Waals surface area (Å²) in [4.78, 5) is 6.57. The number of rotatable bonds is 2. The Balaban J connectivity index is 2.12. The van der Waals surface area contributed by atoms with Gasteiger partial charge in [-0.15, -0.1) is 11.8 Å². The number of nitrogens with zero attached hydrogens (tertiary/aromatic N) is 1. The van der Waals surface area contributed by atoms with Crippen molar-refractivity contribution in [3.8, 4) is 5.75 Å². The minimum atomic E-state index is 0.318. The molecule has 0 saturated heterocycles. The number of aryl methyl sites for hydroxylation is 1. The van der Waals surface area contributed by atoms with Gasteiger partial charge in [-0.25, -0.2) is 0 Å². The van der Waals surface area contributed by atoms with Crippen molar-refractivity contribution in [2.24, 2.45) is 5.16 Å². The van der Waals surface area contributed by atoms with Crippen LogP contribution in [-0.4, -0.2) is 22.2 Å². The molecule has 1 saturated carbocycles. The molecule has 2 aliphatic rings. The predicted molar refractivity (Wildman–Crippen MR) is 82.8 cm³/mol. The predicted octanol–water partition coefficient (Wildman–Crippen LogP) is 4.17. The Kier molecular flexibility index (Phi) is 3.44. The summed E-state index contributed by atoms with van der Waals surface area (Å²) < 4.78 is 0.318. The third-order valence-electron chi connectivity index (χ3n) is 4.37. The van der Waals surface area contributed by atoms with Crippen LogP contribution in [0.3, 0.4) is 0 Å². The second kappa shape index (κ2) is 4.99. The zero-order valence-corrected chi connectivity index (χ0v) is 13.1. The van der Waals surface area contributed by atoms with Crippen LogP contribution in [0.15, 0.2) is 16.1 Å². The third kappa shape index (κ3) is 2.10. The van der Waals surface area contributed by atoms with Crippen LogP contribution in [0, 0.1) is 13.8 Å². The van der Waals surface area contributed by atoms with Crippen molar-refractivity contribution in [3.05, 3.63) is 22.8 Å². The van der Waals surface area contributed by atoms with Crippen LogP contribution in [0.1, 0.15) is 49.3 Å². The molecule has 108 valence electrons. The number of phenolic OH excluding ortho intramolecular Hbond substituents is 1. The number of oxime groups is 1. The van der Waals surface area contributed by atoms with Crippen LogP contribution in [0.5, 0.6) is 5.75 Å². The fraction of sp³-hybridized carbons (Fsp3) is 0.562. The monoisotopic (exact) mass is 291 g/mol. The SMILES string of the molecule is CCON=C1CC2(CCC2)Sc2cc(C)c(O)c(C)c21. The lowest BCUT2D eigenvalue weighted by Crippen LogP contribution is -2.39. The molecule has 1 spiro atoms. The molecule has 20 heavy (non-hydrogen) atoms. The average molecular weight is 291 g/mol. The van der Waals surface area contributed by atoms with Crippen molar-refractivity contribution in [1.82, 2.24) is 0 Å². The zero-order valence-electron chi connectivity index (χ0n) is 12.3. The summed E-state index contributed by atoms with van der Waals surface area (Å²) in [6, 6.07) is 2.10. The van der Waals surface area contributed by atoms with Gasteiger partial charge < -0.3 is 9.94 Å². The van der Waals surface area contributed by atoms with Gasteiger partial charge in [0, 0.05) is 27.2 Å². The van der Waals surface area contributed by atoms with Gasteiger partial charge in [0.25, 0.3) is 0 Å². The van der Waals surface area contributed by atoms with Gasteiger partial charge in [0.15, 0.2) is 0 Å². The van der Waals surface area contributed by atoms with Crippen molar-refractivity contribution in [2.45, 2.75) is 56.1 Å². The van der Waals surface area contributed by atoms with Crippen LogP contribution in [0.25, 0.3) is 0 Å². The molecule has 4 heteroatoms. The van der Waals surface area contributed by atoms with E-state index in [1.807, 2.05) is 32.5 Å². The summed E-state index contributed by atoms with van der Waals surface area (Å²) in [5.74, 6) is 0.387. The zero-order chi connectivity index (χ0) is 14.3. The van der Waals surface area contributed by atoms with Gasteiger partial charge in [0.05, 0.1) is 5.71 Å². The Morgan fingerprint density at radius 1 is 1.40 bits per heavy atom. The summed E-state index contributed by atoms with van der Waals surface area (Å²) in [6.45, 7) is 6.46. The van der Waals surface area contributed by atoms with Crippen molar-refractivity contribution in [3.63, 3.8) is 0 Å². The van der Waals surface area contributed by atoms with E-state index in [0.29, 0.717) is 17.1 Å². The van der Waals surface area contributed by atoms with E-state index in [2.05, 4.69) is 11.2 Å². The molecule has 1 heterocycles. The number of aromatic hydroxyl groups is 1. The Morgan fingerprint density at radius 2 is 2.15 bits per heavy atom. The lowest BCUT2D eigenvalue weighted by molar-refractivity contribution is 0.157. The Bertz CT molecular complexity index is 576. The molecule has 0 radical (unpaired) electrons. The average Bonchev–Trinajstić information content (AvgIpc) is 2.40. The molecular weight excluding hydrogens is 270 g/mol. The van der Waals surface area contributed by atoms with Gasteiger partial charge in [0.2, 0.25) is 0 Å². The van der Waals surface area contributed by atoms with Gasteiger partial charge in [-0.2, -0.15) is 0 Å². The maximum Gasteiger partial charge on any atom is 0.122 e. The van der Waals surface area contributed by atoms with E-state index in [1.54, 1.807) is 0 Å². The smallest absolute Gasteiger partial charge is 0.122 e. The van der Waals surface area contributed by atoms with Crippen molar-refractivity contribution in [1.29, 1.82) is 0 Å². The van der Waals surface area contributed by atoms with E-state index >= 15 is 0 Å². The molecule has 3 rings (SSSR count). The highest BCUT2D eigenvalue weighted by Gasteiger charge is 2.44. The molecule has 0 atom stereocenters. The largest absolute Gasteiger partial charge is 0.507 e. The molecule has 1 aliphatic carbocycles. The fourth-order valence-electron chi connectivity index (χ4n) is 3.11. The van der Waals surface area contributed by atoms with Crippen LogP contribution < -0.4 is 0 Å². The summed E-state index contributed by atoms with van der Waals surface area (Å²) >= 11 is 1.97. The van der Waals surface area contributed by atoms with Crippen molar-refractivity contribution >= 4 is 17.5 Å². The number of hydrogen-bond donors (Lipinski definition) is 1. The van der Waals surface area contributed by atoms with Crippen LogP contribution >= 0.6 is 11.8 Å². The Hall–Kier alpha value is -1.16. The number of fused-ring (bicyclic) bond motifs is 1. The summed E-state index contributed by atoms with van der Waals surface area (Å²) in [6.07, 6.45) is 4.76. The van der Waals surface area contributed by atoms with E-state index in [1.165, 1.54) is 24.2 Å². The summed E-state index contributed by atoms with van der Waals surface area (Å²) in [7, 11) is 0. The Morgan fingerprint density at radius 3 is 2.75 bits per heavy atom. The first-order valence-corrected chi connectivity index (χ1v) is 8.09.